The van der Waals surface area contributed by atoms with Crippen molar-refractivity contribution in [1.82, 2.24) is 5.32 Å². The van der Waals surface area contributed by atoms with Crippen molar-refractivity contribution in [1.29, 1.82) is 0 Å². The van der Waals surface area contributed by atoms with Gasteiger partial charge in [-0.25, -0.2) is 9.59 Å². The van der Waals surface area contributed by atoms with Crippen LogP contribution in [0.4, 0.5) is 4.79 Å². The van der Waals surface area contributed by atoms with Crippen LogP contribution in [0.15, 0.2) is 0 Å². The van der Waals surface area contributed by atoms with Crippen LogP contribution in [0.3, 0.4) is 0 Å². The fraction of sp³-hybridized carbons (Fsp3) is 0.905. The molecule has 0 spiro atoms. The van der Waals surface area contributed by atoms with E-state index in [2.05, 4.69) is 19.2 Å². The molecule has 0 radical (unpaired) electrons. The normalized spacial score (nSPS) is 26.8. The van der Waals surface area contributed by atoms with Crippen molar-refractivity contribution >= 4 is 12.1 Å². The summed E-state index contributed by atoms with van der Waals surface area (Å²) < 4.78 is 22.4. The van der Waals surface area contributed by atoms with Crippen molar-refractivity contribution in [2.24, 2.45) is 11.8 Å². The third-order valence-electron chi connectivity index (χ3n) is 4.59. The van der Waals surface area contributed by atoms with Crippen LogP contribution in [0.1, 0.15) is 67.2 Å². The lowest BCUT2D eigenvalue weighted by atomic mass is 9.89. The second kappa shape index (κ2) is 11.6. The van der Waals surface area contributed by atoms with Crippen molar-refractivity contribution in [3.8, 4) is 0 Å². The first-order valence-electron chi connectivity index (χ1n) is 10.3. The standard InChI is InChI=1S/C21H39NO6/c1-14(2)13-26-18-15(3)27-19(23)17(22-20(24)28-21(4,5)6)10-8-9-16(18)11-12-25-7/h14-18H,8-13H2,1-7H3,(H,22,24)/t15-,16+,17-,18-/m0/s1. The summed E-state index contributed by atoms with van der Waals surface area (Å²) in [7, 11) is 1.68. The smallest absolute Gasteiger partial charge is 0.408 e. The summed E-state index contributed by atoms with van der Waals surface area (Å²) >= 11 is 0. The second-order valence-corrected chi connectivity index (χ2v) is 9.01. The minimum atomic E-state index is -0.718. The van der Waals surface area contributed by atoms with Crippen molar-refractivity contribution in [2.75, 3.05) is 20.3 Å². The van der Waals surface area contributed by atoms with Gasteiger partial charge in [-0.2, -0.15) is 0 Å². The Morgan fingerprint density at radius 3 is 2.54 bits per heavy atom. The van der Waals surface area contributed by atoms with Crippen LogP contribution in [0.2, 0.25) is 0 Å². The van der Waals surface area contributed by atoms with Crippen molar-refractivity contribution < 1.29 is 28.5 Å². The van der Waals surface area contributed by atoms with Gasteiger partial charge in [-0.3, -0.25) is 0 Å². The molecule has 0 aromatic rings. The monoisotopic (exact) mass is 401 g/mol. The van der Waals surface area contributed by atoms with Crippen LogP contribution in [0.25, 0.3) is 0 Å². The average Bonchev–Trinajstić information content (AvgIpc) is 2.60. The number of carbonyl (C=O) groups excluding carboxylic acids is 2. The van der Waals surface area contributed by atoms with Crippen molar-refractivity contribution in [2.45, 2.75) is 91.1 Å². The predicted octanol–water partition coefficient (Wildman–Crippen LogP) is 3.69. The van der Waals surface area contributed by atoms with Gasteiger partial charge < -0.3 is 24.3 Å². The number of methoxy groups -OCH3 is 1. The highest BCUT2D eigenvalue weighted by atomic mass is 16.6. The topological polar surface area (TPSA) is 83.1 Å². The molecule has 0 bridgehead atoms. The van der Waals surface area contributed by atoms with Gasteiger partial charge in [0.25, 0.3) is 0 Å². The first kappa shape index (κ1) is 24.7. The molecule has 28 heavy (non-hydrogen) atoms. The van der Waals surface area contributed by atoms with E-state index in [0.717, 1.165) is 19.3 Å². The van der Waals surface area contributed by atoms with Gasteiger partial charge in [0.05, 0.1) is 6.10 Å². The lowest BCUT2D eigenvalue weighted by molar-refractivity contribution is -0.162. The molecule has 1 aliphatic rings. The maximum absolute atomic E-state index is 12.7. The number of nitrogens with one attached hydrogen (secondary N) is 1. The number of alkyl carbamates (subject to hydrolysis) is 1. The Kier molecular flexibility index (Phi) is 10.2. The molecule has 7 nitrogen and oxygen atoms in total. The van der Waals surface area contributed by atoms with Crippen LogP contribution in [0, 0.1) is 11.8 Å². The van der Waals surface area contributed by atoms with Gasteiger partial charge >= 0.3 is 12.1 Å². The molecular formula is C21H39NO6. The van der Waals surface area contributed by atoms with Gasteiger partial charge in [0, 0.05) is 20.3 Å². The average molecular weight is 402 g/mol. The van der Waals surface area contributed by atoms with Gasteiger partial charge in [-0.15, -0.1) is 0 Å². The van der Waals surface area contributed by atoms with Crippen molar-refractivity contribution in [3.63, 3.8) is 0 Å². The van der Waals surface area contributed by atoms with E-state index in [1.165, 1.54) is 0 Å². The van der Waals surface area contributed by atoms with E-state index < -0.39 is 29.8 Å². The number of hydrogen-bond donors (Lipinski definition) is 1. The molecule has 1 saturated heterocycles. The molecule has 0 aromatic carbocycles. The van der Waals surface area contributed by atoms with E-state index in [1.54, 1.807) is 27.9 Å². The number of hydrogen-bond acceptors (Lipinski definition) is 6. The lowest BCUT2D eigenvalue weighted by Gasteiger charge is -2.31. The molecule has 1 rings (SSSR count). The minimum Gasteiger partial charge on any atom is -0.458 e. The molecule has 1 heterocycles. The molecule has 1 aliphatic heterocycles. The third-order valence-corrected chi connectivity index (χ3v) is 4.59. The number of rotatable bonds is 7. The summed E-state index contributed by atoms with van der Waals surface area (Å²) in [5, 5.41) is 2.66. The number of amides is 1. The van der Waals surface area contributed by atoms with Gasteiger partial charge in [0.1, 0.15) is 17.7 Å². The fourth-order valence-electron chi connectivity index (χ4n) is 3.32. The van der Waals surface area contributed by atoms with E-state index >= 15 is 0 Å². The maximum atomic E-state index is 12.7. The summed E-state index contributed by atoms with van der Waals surface area (Å²) in [5.74, 6) is 0.172. The highest BCUT2D eigenvalue weighted by molar-refractivity contribution is 5.81. The Hall–Kier alpha value is -1.34. The SMILES string of the molecule is COCC[C@H]1CCC[C@H](NC(=O)OC(C)(C)C)C(=O)O[C@@H](C)[C@@H]1OCC(C)C. The van der Waals surface area contributed by atoms with E-state index in [-0.39, 0.29) is 12.0 Å². The zero-order valence-corrected chi connectivity index (χ0v) is 18.6. The van der Waals surface area contributed by atoms with Crippen LogP contribution in [-0.2, 0) is 23.7 Å². The van der Waals surface area contributed by atoms with E-state index in [9.17, 15) is 9.59 Å². The zero-order valence-electron chi connectivity index (χ0n) is 18.6. The third kappa shape index (κ3) is 9.24. The van der Waals surface area contributed by atoms with E-state index in [4.69, 9.17) is 18.9 Å². The molecule has 1 N–H and O–H groups in total. The Labute approximate surface area is 169 Å². The fourth-order valence-corrected chi connectivity index (χ4v) is 3.32. The molecule has 1 fully saturated rings. The van der Waals surface area contributed by atoms with E-state index in [1.807, 2.05) is 6.92 Å². The molecule has 4 atom stereocenters. The van der Waals surface area contributed by atoms with Crippen LogP contribution in [0.5, 0.6) is 0 Å². The largest absolute Gasteiger partial charge is 0.458 e. The number of ether oxygens (including phenoxy) is 4. The van der Waals surface area contributed by atoms with Gasteiger partial charge in [0.2, 0.25) is 0 Å². The molecule has 7 heteroatoms. The zero-order chi connectivity index (χ0) is 21.3. The van der Waals surface area contributed by atoms with Crippen LogP contribution < -0.4 is 5.32 Å². The van der Waals surface area contributed by atoms with Gasteiger partial charge in [-0.05, 0) is 58.8 Å². The molecule has 0 unspecified atom stereocenters. The Balaban J connectivity index is 2.86. The van der Waals surface area contributed by atoms with Crippen LogP contribution >= 0.6 is 0 Å². The molecule has 164 valence electrons. The summed E-state index contributed by atoms with van der Waals surface area (Å²) in [6, 6.07) is -0.718. The molecule has 0 aliphatic carbocycles. The quantitative estimate of drug-likeness (QED) is 0.655. The second-order valence-electron chi connectivity index (χ2n) is 9.01. The maximum Gasteiger partial charge on any atom is 0.408 e. The Bertz CT molecular complexity index is 488. The minimum absolute atomic E-state index is 0.193. The number of esters is 1. The highest BCUT2D eigenvalue weighted by Gasteiger charge is 2.35. The highest BCUT2D eigenvalue weighted by Crippen LogP contribution is 2.27. The van der Waals surface area contributed by atoms with Gasteiger partial charge in [0.15, 0.2) is 0 Å². The van der Waals surface area contributed by atoms with Crippen molar-refractivity contribution in [3.05, 3.63) is 0 Å². The van der Waals surface area contributed by atoms with E-state index in [0.29, 0.717) is 25.6 Å². The number of carbonyl (C=O) groups is 2. The molecule has 1 amide bonds. The Morgan fingerprint density at radius 1 is 1.29 bits per heavy atom. The summed E-state index contributed by atoms with van der Waals surface area (Å²) in [6.07, 6.45) is 1.79. The predicted molar refractivity (Wildman–Crippen MR) is 107 cm³/mol. The van der Waals surface area contributed by atoms with Crippen LogP contribution in [-0.4, -0.2) is 56.2 Å². The molecular weight excluding hydrogens is 362 g/mol. The summed E-state index contributed by atoms with van der Waals surface area (Å²) in [6.45, 7) is 12.6. The molecule has 0 aromatic heterocycles. The summed E-state index contributed by atoms with van der Waals surface area (Å²) in [4.78, 5) is 24.8. The first-order valence-corrected chi connectivity index (χ1v) is 10.3. The first-order chi connectivity index (χ1) is 13.0. The number of cyclic esters (lactones) is 1. The molecule has 0 saturated carbocycles. The lowest BCUT2D eigenvalue weighted by Crippen LogP contribution is -2.46. The Morgan fingerprint density at radius 2 is 1.96 bits per heavy atom. The summed E-state index contributed by atoms with van der Waals surface area (Å²) in [5.41, 5.74) is -0.624. The van der Waals surface area contributed by atoms with Gasteiger partial charge in [-0.1, -0.05) is 20.3 Å².